The number of hydrogen-bond donors (Lipinski definition) is 0. The summed E-state index contributed by atoms with van der Waals surface area (Å²) in [6.07, 6.45) is 0. The molecule has 0 aliphatic carbocycles. The molecule has 0 nitrogen and oxygen atoms in total. The van der Waals surface area contributed by atoms with Gasteiger partial charge in [-0.2, -0.15) is 0 Å². The molecular weight excluding hydrogens is 140 g/mol. The predicted octanol–water partition coefficient (Wildman–Crippen LogP) is 0.0812. The van der Waals surface area contributed by atoms with E-state index in [1.54, 1.807) is 0 Å². The Labute approximate surface area is 141 Å². The quantitative estimate of drug-likeness (QED) is 0.337. The van der Waals surface area contributed by atoms with Gasteiger partial charge in [0.25, 0.3) is 0 Å². The van der Waals surface area contributed by atoms with Crippen LogP contribution < -0.4 is 0 Å². The third-order valence-electron chi connectivity index (χ3n) is 0. The molecule has 0 saturated heterocycles. The van der Waals surface area contributed by atoms with Crippen LogP contribution >= 0.6 is 0 Å². The first kappa shape index (κ1) is 42.0. The van der Waals surface area contributed by atoms with Crippen LogP contribution in [0.25, 0.3) is 0 Å². The van der Waals surface area contributed by atoms with Crippen LogP contribution in [0, 0.1) is 0 Å². The summed E-state index contributed by atoms with van der Waals surface area (Å²) >= 11 is 0. The summed E-state index contributed by atoms with van der Waals surface area (Å²) < 4.78 is 0. The van der Waals surface area contributed by atoms with Gasteiger partial charge < -0.3 is 0 Å². The normalized spacial score (nSPS) is 1.00. The molecule has 28 valence electrons. The Morgan fingerprint density at radius 3 is 0.375 bits per heavy atom. The molecule has 4 heteroatoms. The maximum Gasteiger partial charge on any atom is 0 e. The zero-order chi connectivity index (χ0) is 4.00. The van der Waals surface area contributed by atoms with Crippen LogP contribution in [0.1, 0.15) is 0 Å². The molecular formula is C4H8Na4. The third-order valence-corrected chi connectivity index (χ3v) is 0. The van der Waals surface area contributed by atoms with Crippen molar-refractivity contribution >= 4 is 118 Å². The standard InChI is InChI=1S/2C2H4.4Na/c2*1-2;;;;/h2*1-2H2;;;;. The summed E-state index contributed by atoms with van der Waals surface area (Å²) in [6.45, 7) is 12.0. The SMILES string of the molecule is C=C.C=C.[Na].[Na].[Na].[Na]. The largest absolute Gasteiger partial charge is 0.106 e. The zero-order valence-electron chi connectivity index (χ0n) is 6.83. The molecule has 0 heterocycles. The molecule has 0 aliphatic heterocycles. The minimum atomic E-state index is 0. The van der Waals surface area contributed by atoms with Crippen molar-refractivity contribution in [2.75, 3.05) is 0 Å². The minimum absolute atomic E-state index is 0. The van der Waals surface area contributed by atoms with Gasteiger partial charge in [0.15, 0.2) is 0 Å². The van der Waals surface area contributed by atoms with Crippen LogP contribution in [-0.2, 0) is 0 Å². The second-order valence-electron chi connectivity index (χ2n) is 0. The van der Waals surface area contributed by atoms with E-state index in [2.05, 4.69) is 26.3 Å². The van der Waals surface area contributed by atoms with Crippen molar-refractivity contribution in [1.29, 1.82) is 0 Å². The van der Waals surface area contributed by atoms with Gasteiger partial charge in [0.2, 0.25) is 0 Å². The Morgan fingerprint density at radius 1 is 0.375 bits per heavy atom. The number of hydrogen-bond acceptors (Lipinski definition) is 0. The zero-order valence-corrected chi connectivity index (χ0v) is 14.8. The molecule has 0 N–H and O–H groups in total. The molecule has 0 spiro atoms. The van der Waals surface area contributed by atoms with E-state index in [0.717, 1.165) is 0 Å². The van der Waals surface area contributed by atoms with Crippen molar-refractivity contribution < 1.29 is 0 Å². The summed E-state index contributed by atoms with van der Waals surface area (Å²) in [4.78, 5) is 0. The first-order valence-electron chi connectivity index (χ1n) is 1.000. The van der Waals surface area contributed by atoms with Gasteiger partial charge in [-0.05, 0) is 0 Å². The molecule has 0 unspecified atom stereocenters. The maximum atomic E-state index is 3.00. The van der Waals surface area contributed by atoms with Crippen LogP contribution in [0.5, 0.6) is 0 Å². The Kier molecular flexibility index (Phi) is 408. The molecule has 0 bridgehead atoms. The van der Waals surface area contributed by atoms with E-state index < -0.39 is 0 Å². The van der Waals surface area contributed by atoms with E-state index in [-0.39, 0.29) is 118 Å². The molecule has 0 aliphatic rings. The fourth-order valence-electron chi connectivity index (χ4n) is 0. The predicted molar refractivity (Wildman–Crippen MR) is 45.5 cm³/mol. The fourth-order valence-corrected chi connectivity index (χ4v) is 0. The van der Waals surface area contributed by atoms with Crippen LogP contribution in [0.2, 0.25) is 0 Å². The van der Waals surface area contributed by atoms with Crippen molar-refractivity contribution in [1.82, 2.24) is 0 Å². The second kappa shape index (κ2) is 77.8. The Morgan fingerprint density at radius 2 is 0.375 bits per heavy atom. The van der Waals surface area contributed by atoms with Gasteiger partial charge in [0.05, 0.1) is 0 Å². The second-order valence-corrected chi connectivity index (χ2v) is 0. The molecule has 0 aromatic rings. The van der Waals surface area contributed by atoms with E-state index in [1.807, 2.05) is 0 Å². The summed E-state index contributed by atoms with van der Waals surface area (Å²) in [7, 11) is 0. The van der Waals surface area contributed by atoms with E-state index in [0.29, 0.717) is 0 Å². The average Bonchev–Trinajstić information content (AvgIpc) is 1.50. The molecule has 0 saturated carbocycles. The van der Waals surface area contributed by atoms with Crippen molar-refractivity contribution in [3.8, 4) is 0 Å². The molecule has 0 aromatic heterocycles. The molecule has 0 fully saturated rings. The van der Waals surface area contributed by atoms with Crippen LogP contribution in [0.15, 0.2) is 26.3 Å². The van der Waals surface area contributed by atoms with Gasteiger partial charge in [-0.25, -0.2) is 0 Å². The molecule has 0 atom stereocenters. The summed E-state index contributed by atoms with van der Waals surface area (Å²) in [5, 5.41) is 0. The summed E-state index contributed by atoms with van der Waals surface area (Å²) in [5.41, 5.74) is 0. The van der Waals surface area contributed by atoms with Crippen LogP contribution in [0.3, 0.4) is 0 Å². The fraction of sp³-hybridized carbons (Fsp3) is 0. The Bertz CT molecular complexity index is 10.0. The topological polar surface area (TPSA) is 0 Å². The first-order chi connectivity index (χ1) is 2.00. The van der Waals surface area contributed by atoms with Gasteiger partial charge in [-0.3, -0.25) is 0 Å². The average molecular weight is 148 g/mol. The van der Waals surface area contributed by atoms with Crippen LogP contribution in [0.4, 0.5) is 0 Å². The van der Waals surface area contributed by atoms with Crippen LogP contribution in [-0.4, -0.2) is 118 Å². The van der Waals surface area contributed by atoms with E-state index in [1.165, 1.54) is 0 Å². The van der Waals surface area contributed by atoms with E-state index in [9.17, 15) is 0 Å². The number of rotatable bonds is 0. The van der Waals surface area contributed by atoms with Gasteiger partial charge in [0.1, 0.15) is 0 Å². The maximum absolute atomic E-state index is 3.00. The molecule has 0 rings (SSSR count). The molecule has 4 radical (unpaired) electrons. The molecule has 0 amide bonds. The van der Waals surface area contributed by atoms with Gasteiger partial charge in [-0.1, -0.05) is 0 Å². The minimum Gasteiger partial charge on any atom is -0.106 e. The Balaban J connectivity index is -0.00000000167. The van der Waals surface area contributed by atoms with Crippen molar-refractivity contribution in [2.45, 2.75) is 0 Å². The van der Waals surface area contributed by atoms with E-state index >= 15 is 0 Å². The van der Waals surface area contributed by atoms with Gasteiger partial charge in [-0.15, -0.1) is 26.3 Å². The van der Waals surface area contributed by atoms with Gasteiger partial charge in [0, 0.05) is 118 Å². The molecule has 8 heavy (non-hydrogen) atoms. The summed E-state index contributed by atoms with van der Waals surface area (Å²) in [6, 6.07) is 0. The van der Waals surface area contributed by atoms with E-state index in [4.69, 9.17) is 0 Å². The first-order valence-corrected chi connectivity index (χ1v) is 1.000. The van der Waals surface area contributed by atoms with Crippen molar-refractivity contribution in [3.63, 3.8) is 0 Å². The summed E-state index contributed by atoms with van der Waals surface area (Å²) in [5.74, 6) is 0. The van der Waals surface area contributed by atoms with Gasteiger partial charge >= 0.3 is 0 Å². The van der Waals surface area contributed by atoms with Crippen molar-refractivity contribution in [3.05, 3.63) is 26.3 Å². The smallest absolute Gasteiger partial charge is 0 e. The molecule has 0 aromatic carbocycles. The monoisotopic (exact) mass is 148 g/mol. The third kappa shape index (κ3) is 56.3. The Hall–Kier alpha value is 3.48. The van der Waals surface area contributed by atoms with Crippen molar-refractivity contribution in [2.24, 2.45) is 0 Å².